The maximum atomic E-state index is 12.3. The Morgan fingerprint density at radius 2 is 1.58 bits per heavy atom. The van der Waals surface area contributed by atoms with E-state index in [9.17, 15) is 4.79 Å². The minimum absolute atomic E-state index is 0.210. The van der Waals surface area contributed by atoms with Crippen LogP contribution in [0.25, 0.3) is 10.9 Å². The minimum atomic E-state index is -0.346. The van der Waals surface area contributed by atoms with Gasteiger partial charge in [0.15, 0.2) is 0 Å². The monoisotopic (exact) mass is 341 g/mol. The summed E-state index contributed by atoms with van der Waals surface area (Å²) in [5, 5.41) is 1.21. The van der Waals surface area contributed by atoms with Gasteiger partial charge in [0, 0.05) is 17.1 Å². The second kappa shape index (κ2) is 6.89. The Morgan fingerprint density at radius 1 is 0.885 bits per heavy atom. The lowest BCUT2D eigenvalue weighted by Gasteiger charge is -2.11. The molecule has 0 saturated carbocycles. The topological polar surface area (TPSA) is 42.1 Å². The Labute approximate surface area is 152 Å². The van der Waals surface area contributed by atoms with Crippen LogP contribution in [0.3, 0.4) is 0 Å². The van der Waals surface area contributed by atoms with Crippen molar-refractivity contribution >= 4 is 16.9 Å². The molecule has 3 aromatic carbocycles. The van der Waals surface area contributed by atoms with E-state index in [1.54, 1.807) is 12.1 Å². The number of nitrogens with one attached hydrogen (secondary N) is 1. The SMILES string of the molecule is CC(c1ccc(C(=O)Oc2ccccc2)cc1)c1cc2ccccc2[nH]1. The van der Waals surface area contributed by atoms with Crippen molar-refractivity contribution in [3.05, 3.63) is 102 Å². The smallest absolute Gasteiger partial charge is 0.343 e. The summed E-state index contributed by atoms with van der Waals surface area (Å²) in [6.45, 7) is 2.15. The number of carbonyl (C=O) groups is 1. The van der Waals surface area contributed by atoms with Gasteiger partial charge >= 0.3 is 5.97 Å². The van der Waals surface area contributed by atoms with Crippen LogP contribution in [0.2, 0.25) is 0 Å². The number of aromatic amines is 1. The van der Waals surface area contributed by atoms with Gasteiger partial charge in [-0.1, -0.05) is 55.5 Å². The second-order valence-corrected chi connectivity index (χ2v) is 6.36. The van der Waals surface area contributed by atoms with E-state index in [4.69, 9.17) is 4.74 Å². The highest BCUT2D eigenvalue weighted by atomic mass is 16.5. The summed E-state index contributed by atoms with van der Waals surface area (Å²) in [6, 6.07) is 27.1. The Bertz CT molecular complexity index is 1000. The van der Waals surface area contributed by atoms with E-state index in [1.165, 1.54) is 5.39 Å². The number of ether oxygens (including phenoxy) is 1. The molecular formula is C23H19NO2. The summed E-state index contributed by atoms with van der Waals surface area (Å²) in [6.07, 6.45) is 0. The predicted octanol–water partition coefficient (Wildman–Crippen LogP) is 5.54. The molecule has 4 aromatic rings. The number of para-hydroxylation sites is 2. The Hall–Kier alpha value is -3.33. The number of carbonyl (C=O) groups excluding carboxylic acids is 1. The van der Waals surface area contributed by atoms with Gasteiger partial charge < -0.3 is 9.72 Å². The number of benzene rings is 3. The van der Waals surface area contributed by atoms with Gasteiger partial charge in [-0.25, -0.2) is 4.79 Å². The van der Waals surface area contributed by atoms with Crippen LogP contribution in [-0.2, 0) is 0 Å². The molecule has 0 bridgehead atoms. The molecule has 3 heteroatoms. The molecule has 0 aliphatic carbocycles. The van der Waals surface area contributed by atoms with E-state index >= 15 is 0 Å². The number of hydrogen-bond donors (Lipinski definition) is 1. The van der Waals surface area contributed by atoms with Gasteiger partial charge in [-0.3, -0.25) is 0 Å². The van der Waals surface area contributed by atoms with Crippen LogP contribution >= 0.6 is 0 Å². The number of fused-ring (bicyclic) bond motifs is 1. The molecule has 0 amide bonds. The quantitative estimate of drug-likeness (QED) is 0.391. The molecule has 26 heavy (non-hydrogen) atoms. The molecule has 1 unspecified atom stereocenters. The lowest BCUT2D eigenvalue weighted by Crippen LogP contribution is -2.08. The fourth-order valence-corrected chi connectivity index (χ4v) is 3.07. The molecule has 0 fully saturated rings. The molecule has 128 valence electrons. The molecule has 0 aliphatic heterocycles. The summed E-state index contributed by atoms with van der Waals surface area (Å²) >= 11 is 0. The van der Waals surface area contributed by atoms with Crippen LogP contribution in [0.5, 0.6) is 5.75 Å². The second-order valence-electron chi connectivity index (χ2n) is 6.36. The fourth-order valence-electron chi connectivity index (χ4n) is 3.07. The molecular weight excluding hydrogens is 322 g/mol. The third-order valence-corrected chi connectivity index (χ3v) is 4.62. The first-order valence-electron chi connectivity index (χ1n) is 8.65. The largest absolute Gasteiger partial charge is 0.423 e. The van der Waals surface area contributed by atoms with Gasteiger partial charge in [0.05, 0.1) is 5.56 Å². The van der Waals surface area contributed by atoms with Crippen LogP contribution in [-0.4, -0.2) is 11.0 Å². The number of aromatic nitrogens is 1. The van der Waals surface area contributed by atoms with Crippen LogP contribution in [0.4, 0.5) is 0 Å². The zero-order valence-corrected chi connectivity index (χ0v) is 14.5. The Morgan fingerprint density at radius 3 is 2.31 bits per heavy atom. The summed E-state index contributed by atoms with van der Waals surface area (Å²) in [4.78, 5) is 15.7. The zero-order valence-electron chi connectivity index (χ0n) is 14.5. The lowest BCUT2D eigenvalue weighted by atomic mass is 9.97. The van der Waals surface area contributed by atoms with Gasteiger partial charge in [0.1, 0.15) is 5.75 Å². The normalized spacial score (nSPS) is 12.0. The number of rotatable bonds is 4. The van der Waals surface area contributed by atoms with Gasteiger partial charge in [-0.2, -0.15) is 0 Å². The minimum Gasteiger partial charge on any atom is -0.423 e. The van der Waals surface area contributed by atoms with Crippen LogP contribution in [0, 0.1) is 0 Å². The molecule has 1 N–H and O–H groups in total. The van der Waals surface area contributed by atoms with Crippen molar-refractivity contribution in [3.8, 4) is 5.75 Å². The van der Waals surface area contributed by atoms with Crippen LogP contribution in [0.1, 0.15) is 34.5 Å². The van der Waals surface area contributed by atoms with E-state index in [-0.39, 0.29) is 11.9 Å². The fraction of sp³-hybridized carbons (Fsp3) is 0.0870. The number of H-pyrrole nitrogens is 1. The van der Waals surface area contributed by atoms with Crippen molar-refractivity contribution in [2.75, 3.05) is 0 Å². The van der Waals surface area contributed by atoms with Gasteiger partial charge in [-0.15, -0.1) is 0 Å². The molecule has 1 aromatic heterocycles. The molecule has 1 heterocycles. The molecule has 1 atom stereocenters. The maximum Gasteiger partial charge on any atom is 0.343 e. The van der Waals surface area contributed by atoms with E-state index in [0.717, 1.165) is 16.8 Å². The third-order valence-electron chi connectivity index (χ3n) is 4.62. The molecule has 0 spiro atoms. The van der Waals surface area contributed by atoms with Crippen molar-refractivity contribution < 1.29 is 9.53 Å². The van der Waals surface area contributed by atoms with Crippen molar-refractivity contribution in [1.82, 2.24) is 4.98 Å². The highest BCUT2D eigenvalue weighted by Gasteiger charge is 2.13. The van der Waals surface area contributed by atoms with Crippen molar-refractivity contribution in [1.29, 1.82) is 0 Å². The molecule has 3 nitrogen and oxygen atoms in total. The molecule has 0 aliphatic rings. The maximum absolute atomic E-state index is 12.3. The van der Waals surface area contributed by atoms with E-state index in [1.807, 2.05) is 54.6 Å². The molecule has 0 radical (unpaired) electrons. The highest BCUT2D eigenvalue weighted by molar-refractivity contribution is 5.91. The van der Waals surface area contributed by atoms with Crippen LogP contribution < -0.4 is 4.74 Å². The standard InChI is InChI=1S/C23H19NO2/c1-16(22-15-19-7-5-6-10-21(19)24-22)17-11-13-18(14-12-17)23(25)26-20-8-3-2-4-9-20/h2-16,24H,1H3. The predicted molar refractivity (Wildman–Crippen MR) is 104 cm³/mol. The first-order chi connectivity index (χ1) is 12.7. The third kappa shape index (κ3) is 3.24. The number of hydrogen-bond acceptors (Lipinski definition) is 2. The summed E-state index contributed by atoms with van der Waals surface area (Å²) in [7, 11) is 0. The average Bonchev–Trinajstić information content (AvgIpc) is 3.12. The van der Waals surface area contributed by atoms with Crippen molar-refractivity contribution in [3.63, 3.8) is 0 Å². The zero-order chi connectivity index (χ0) is 17.9. The first kappa shape index (κ1) is 16.2. The van der Waals surface area contributed by atoms with Gasteiger partial charge in [-0.05, 0) is 47.3 Å². The summed E-state index contributed by atoms with van der Waals surface area (Å²) in [5.74, 6) is 0.413. The first-order valence-corrected chi connectivity index (χ1v) is 8.65. The molecule has 0 saturated heterocycles. The summed E-state index contributed by atoms with van der Waals surface area (Å²) < 4.78 is 5.38. The Kier molecular flexibility index (Phi) is 4.28. The number of esters is 1. The average molecular weight is 341 g/mol. The van der Waals surface area contributed by atoms with Crippen molar-refractivity contribution in [2.24, 2.45) is 0 Å². The van der Waals surface area contributed by atoms with E-state index < -0.39 is 0 Å². The van der Waals surface area contributed by atoms with Gasteiger partial charge in [0.25, 0.3) is 0 Å². The van der Waals surface area contributed by atoms with E-state index in [2.05, 4.69) is 30.1 Å². The van der Waals surface area contributed by atoms with Crippen molar-refractivity contribution in [2.45, 2.75) is 12.8 Å². The molecule has 4 rings (SSSR count). The lowest BCUT2D eigenvalue weighted by molar-refractivity contribution is 0.0735. The van der Waals surface area contributed by atoms with Gasteiger partial charge in [0.2, 0.25) is 0 Å². The summed E-state index contributed by atoms with van der Waals surface area (Å²) in [5.41, 5.74) is 3.98. The highest BCUT2D eigenvalue weighted by Crippen LogP contribution is 2.27. The van der Waals surface area contributed by atoms with E-state index in [0.29, 0.717) is 11.3 Å². The Balaban J connectivity index is 1.52. The van der Waals surface area contributed by atoms with Crippen LogP contribution in [0.15, 0.2) is 84.9 Å².